The molecule has 9 heteroatoms. The van der Waals surface area contributed by atoms with Gasteiger partial charge in [-0.05, 0) is 35.9 Å². The van der Waals surface area contributed by atoms with Crippen molar-refractivity contribution in [2.45, 2.75) is 13.0 Å². The number of hydrogen-bond acceptors (Lipinski definition) is 3. The molecular formula is C26H22Cl3FN4O. The highest BCUT2D eigenvalue weighted by atomic mass is 35.5. The van der Waals surface area contributed by atoms with Crippen molar-refractivity contribution in [3.8, 4) is 0 Å². The van der Waals surface area contributed by atoms with Crippen LogP contribution in [0.4, 0.5) is 10.1 Å². The molecule has 35 heavy (non-hydrogen) atoms. The zero-order valence-electron chi connectivity index (χ0n) is 18.7. The summed E-state index contributed by atoms with van der Waals surface area (Å²) in [5, 5.41) is 1.44. The average Bonchev–Trinajstić information content (AvgIpc) is 3.16. The van der Waals surface area contributed by atoms with Gasteiger partial charge in [-0.25, -0.2) is 9.37 Å². The molecule has 0 N–H and O–H groups in total. The van der Waals surface area contributed by atoms with Crippen LogP contribution in [0.1, 0.15) is 11.4 Å². The predicted octanol–water partition coefficient (Wildman–Crippen LogP) is 6.08. The van der Waals surface area contributed by atoms with Crippen molar-refractivity contribution in [2.24, 2.45) is 0 Å². The van der Waals surface area contributed by atoms with Crippen LogP contribution >= 0.6 is 34.8 Å². The Hall–Kier alpha value is -2.80. The number of benzene rings is 3. The third-order valence-electron chi connectivity index (χ3n) is 6.29. The smallest absolute Gasteiger partial charge is 0.242 e. The van der Waals surface area contributed by atoms with Crippen molar-refractivity contribution in [3.05, 3.63) is 92.9 Å². The lowest BCUT2D eigenvalue weighted by molar-refractivity contribution is -0.132. The Kier molecular flexibility index (Phi) is 6.87. The molecular weight excluding hydrogens is 510 g/mol. The van der Waals surface area contributed by atoms with Gasteiger partial charge < -0.3 is 14.4 Å². The highest BCUT2D eigenvalue weighted by Gasteiger charge is 2.24. The van der Waals surface area contributed by atoms with Gasteiger partial charge in [0, 0.05) is 37.6 Å². The third-order valence-corrected chi connectivity index (χ3v) is 7.39. The quantitative estimate of drug-likeness (QED) is 0.314. The van der Waals surface area contributed by atoms with E-state index in [9.17, 15) is 9.18 Å². The molecule has 3 aromatic carbocycles. The largest absolute Gasteiger partial charge is 0.366 e. The SMILES string of the molecule is O=C(Cn1c(Cc2ccccc2Cl)nc2cc(Cl)c(Cl)cc21)N1CCN(c2ccccc2F)CC1. The molecule has 0 radical (unpaired) electrons. The summed E-state index contributed by atoms with van der Waals surface area (Å²) >= 11 is 18.9. The number of nitrogens with zero attached hydrogens (tertiary/aromatic N) is 4. The molecule has 180 valence electrons. The summed E-state index contributed by atoms with van der Waals surface area (Å²) in [5.74, 6) is 0.408. The molecule has 1 aromatic heterocycles. The fraction of sp³-hybridized carbons (Fsp3) is 0.231. The molecule has 1 amide bonds. The van der Waals surface area contributed by atoms with Crippen LogP contribution in [0.25, 0.3) is 11.0 Å². The second kappa shape index (κ2) is 10.1. The molecule has 1 fully saturated rings. The predicted molar refractivity (Wildman–Crippen MR) is 139 cm³/mol. The third kappa shape index (κ3) is 4.96. The molecule has 5 rings (SSSR count). The number of carbonyl (C=O) groups excluding carboxylic acids is 1. The van der Waals surface area contributed by atoms with Crippen LogP contribution in [0.2, 0.25) is 15.1 Å². The minimum Gasteiger partial charge on any atom is -0.366 e. The highest BCUT2D eigenvalue weighted by Crippen LogP contribution is 2.30. The van der Waals surface area contributed by atoms with E-state index in [2.05, 4.69) is 0 Å². The van der Waals surface area contributed by atoms with Gasteiger partial charge in [0.05, 0.1) is 26.8 Å². The Labute approximate surface area is 217 Å². The Morgan fingerprint density at radius 2 is 1.57 bits per heavy atom. The van der Waals surface area contributed by atoms with Crippen molar-refractivity contribution < 1.29 is 9.18 Å². The van der Waals surface area contributed by atoms with Crippen molar-refractivity contribution >= 4 is 57.4 Å². The van der Waals surface area contributed by atoms with E-state index < -0.39 is 0 Å². The van der Waals surface area contributed by atoms with Crippen LogP contribution in [0, 0.1) is 5.82 Å². The molecule has 2 heterocycles. The zero-order valence-corrected chi connectivity index (χ0v) is 21.0. The topological polar surface area (TPSA) is 41.4 Å². The van der Waals surface area contributed by atoms with Crippen molar-refractivity contribution in [2.75, 3.05) is 31.1 Å². The molecule has 5 nitrogen and oxygen atoms in total. The van der Waals surface area contributed by atoms with E-state index in [1.807, 2.05) is 39.8 Å². The molecule has 0 atom stereocenters. The number of para-hydroxylation sites is 1. The fourth-order valence-corrected chi connectivity index (χ4v) is 4.95. The van der Waals surface area contributed by atoms with Gasteiger partial charge in [0.25, 0.3) is 0 Å². The summed E-state index contributed by atoms with van der Waals surface area (Å²) in [7, 11) is 0. The molecule has 4 aromatic rings. The number of aromatic nitrogens is 2. The molecule has 1 saturated heterocycles. The first-order valence-corrected chi connectivity index (χ1v) is 12.4. The number of amides is 1. The molecule has 0 saturated carbocycles. The van der Waals surface area contributed by atoms with Crippen LogP contribution in [0.3, 0.4) is 0 Å². The summed E-state index contributed by atoms with van der Waals surface area (Å²) in [6.07, 6.45) is 0.456. The second-order valence-electron chi connectivity index (χ2n) is 8.46. The van der Waals surface area contributed by atoms with Crippen LogP contribution < -0.4 is 4.90 Å². The van der Waals surface area contributed by atoms with Crippen LogP contribution in [-0.4, -0.2) is 46.5 Å². The van der Waals surface area contributed by atoms with Gasteiger partial charge in [-0.1, -0.05) is 65.1 Å². The lowest BCUT2D eigenvalue weighted by Crippen LogP contribution is -2.49. The number of halogens is 4. The second-order valence-corrected chi connectivity index (χ2v) is 9.68. The Balaban J connectivity index is 1.39. The number of anilines is 1. The molecule has 1 aliphatic heterocycles. The van der Waals surface area contributed by atoms with E-state index in [-0.39, 0.29) is 18.3 Å². The monoisotopic (exact) mass is 530 g/mol. The van der Waals surface area contributed by atoms with E-state index in [1.54, 1.807) is 29.2 Å². The van der Waals surface area contributed by atoms with Crippen LogP contribution in [0.15, 0.2) is 60.7 Å². The average molecular weight is 532 g/mol. The van der Waals surface area contributed by atoms with Gasteiger partial charge in [-0.2, -0.15) is 0 Å². The van der Waals surface area contributed by atoms with E-state index in [0.717, 1.165) is 11.1 Å². The van der Waals surface area contributed by atoms with E-state index in [1.165, 1.54) is 6.07 Å². The summed E-state index contributed by atoms with van der Waals surface area (Å²) in [4.78, 5) is 21.9. The summed E-state index contributed by atoms with van der Waals surface area (Å²) in [6, 6.07) is 17.7. The van der Waals surface area contributed by atoms with Crippen LogP contribution in [0.5, 0.6) is 0 Å². The summed E-state index contributed by atoms with van der Waals surface area (Å²) in [5.41, 5.74) is 2.88. The first kappa shape index (κ1) is 23.9. The highest BCUT2D eigenvalue weighted by molar-refractivity contribution is 6.42. The lowest BCUT2D eigenvalue weighted by Gasteiger charge is -2.36. The first-order valence-electron chi connectivity index (χ1n) is 11.3. The first-order chi connectivity index (χ1) is 16.9. The van der Waals surface area contributed by atoms with Gasteiger partial charge in [0.15, 0.2) is 0 Å². The number of piperazine rings is 1. The maximum absolute atomic E-state index is 14.2. The Bertz CT molecular complexity index is 1400. The maximum atomic E-state index is 14.2. The van der Waals surface area contributed by atoms with Crippen LogP contribution in [-0.2, 0) is 17.8 Å². The van der Waals surface area contributed by atoms with Crippen molar-refractivity contribution in [1.29, 1.82) is 0 Å². The van der Waals surface area contributed by atoms with Gasteiger partial charge in [0.1, 0.15) is 18.2 Å². The number of imidazole rings is 1. The Morgan fingerprint density at radius 1 is 0.886 bits per heavy atom. The summed E-state index contributed by atoms with van der Waals surface area (Å²) < 4.78 is 16.1. The summed E-state index contributed by atoms with van der Waals surface area (Å²) in [6.45, 7) is 2.24. The zero-order chi connectivity index (χ0) is 24.5. The van der Waals surface area contributed by atoms with Gasteiger partial charge >= 0.3 is 0 Å². The minimum absolute atomic E-state index is 0.0380. The van der Waals surface area contributed by atoms with Gasteiger partial charge in [-0.15, -0.1) is 0 Å². The molecule has 0 unspecified atom stereocenters. The molecule has 1 aliphatic rings. The number of carbonyl (C=O) groups is 1. The molecule has 0 spiro atoms. The maximum Gasteiger partial charge on any atom is 0.242 e. The van der Waals surface area contributed by atoms with E-state index in [0.29, 0.717) is 64.7 Å². The molecule has 0 bridgehead atoms. The van der Waals surface area contributed by atoms with E-state index in [4.69, 9.17) is 39.8 Å². The fourth-order valence-electron chi connectivity index (χ4n) is 4.43. The number of fused-ring (bicyclic) bond motifs is 1. The minimum atomic E-state index is -0.253. The van der Waals surface area contributed by atoms with Crippen molar-refractivity contribution in [1.82, 2.24) is 14.5 Å². The van der Waals surface area contributed by atoms with Gasteiger partial charge in [0.2, 0.25) is 5.91 Å². The lowest BCUT2D eigenvalue weighted by atomic mass is 10.1. The van der Waals surface area contributed by atoms with E-state index >= 15 is 0 Å². The number of hydrogen-bond donors (Lipinski definition) is 0. The standard InChI is InChI=1S/C26H22Cl3FN4O/c27-18-6-2-1-5-17(18)13-25-31-22-14-19(28)20(29)15-24(22)34(25)16-26(35)33-11-9-32(10-12-33)23-8-4-3-7-21(23)30/h1-8,14-15H,9-13,16H2. The number of rotatable bonds is 5. The normalized spacial score (nSPS) is 14.1. The molecule has 0 aliphatic carbocycles. The van der Waals surface area contributed by atoms with Crippen molar-refractivity contribution in [3.63, 3.8) is 0 Å². The Morgan fingerprint density at radius 3 is 2.31 bits per heavy atom. The van der Waals surface area contributed by atoms with Gasteiger partial charge in [-0.3, -0.25) is 4.79 Å².